The smallest absolute Gasteiger partial charge is 0.289 e. The van der Waals surface area contributed by atoms with Crippen LogP contribution in [0.4, 0.5) is 0 Å². The van der Waals surface area contributed by atoms with E-state index in [9.17, 15) is 24.0 Å². The van der Waals surface area contributed by atoms with Crippen molar-refractivity contribution in [2.75, 3.05) is 13.1 Å². The molecule has 1 unspecified atom stereocenters. The fourth-order valence-corrected chi connectivity index (χ4v) is 9.85. The van der Waals surface area contributed by atoms with E-state index in [2.05, 4.69) is 51.7 Å². The summed E-state index contributed by atoms with van der Waals surface area (Å²) in [6, 6.07) is -3.68. The molecule has 5 aliphatic rings. The first kappa shape index (κ1) is 39.5. The van der Waals surface area contributed by atoms with Crippen molar-refractivity contribution in [1.29, 1.82) is 0 Å². The average Bonchev–Trinajstić information content (AvgIpc) is 3.45. The quantitative estimate of drug-likeness (QED) is 0.155. The summed E-state index contributed by atoms with van der Waals surface area (Å²) in [7, 11) is 0. The van der Waals surface area contributed by atoms with Crippen molar-refractivity contribution >= 4 is 35.3 Å². The van der Waals surface area contributed by atoms with Gasteiger partial charge in [-0.15, -0.1) is 6.58 Å². The molecule has 54 heavy (non-hydrogen) atoms. The number of fused-ring (bicyclic) bond motifs is 1. The number of piperidine rings is 1. The topological polar surface area (TPSA) is 180 Å². The van der Waals surface area contributed by atoms with E-state index in [0.717, 1.165) is 83.5 Å². The number of carbonyl (C=O) groups excluding carboxylic acids is 6. The molecule has 4 saturated carbocycles. The third-order valence-electron chi connectivity index (χ3n) is 13.5. The van der Waals surface area contributed by atoms with E-state index in [0.29, 0.717) is 13.0 Å². The first-order chi connectivity index (χ1) is 25.9. The van der Waals surface area contributed by atoms with Gasteiger partial charge in [0, 0.05) is 25.5 Å². The lowest BCUT2D eigenvalue weighted by Gasteiger charge is -2.44. The second-order valence-electron chi connectivity index (χ2n) is 17.4. The highest BCUT2D eigenvalue weighted by molar-refractivity contribution is 6.38. The Hall–Kier alpha value is -4.16. The van der Waals surface area contributed by atoms with Crippen molar-refractivity contribution in [2.24, 2.45) is 34.5 Å². The van der Waals surface area contributed by atoms with Gasteiger partial charge in [-0.25, -0.2) is 4.98 Å². The summed E-state index contributed by atoms with van der Waals surface area (Å²) in [5.74, 6) is -3.06. The normalized spacial score (nSPS) is 26.1. The van der Waals surface area contributed by atoms with Gasteiger partial charge < -0.3 is 26.2 Å². The molecule has 5 amide bonds. The molecule has 0 aromatic carbocycles. The standard InChI is InChI=1S/C41H59N7O6/c1-5-19-44-38(53)33(49)28(22-25-13-12-14-25)45-37(52)32-30-27(40(30,2)3)24-48(32)39(54)34(41(4)17-10-7-11-18-41)47-36(51)31(26-15-8-6-9-16-26)46-35(50)29-23-42-20-21-43-29/h5,20-21,23,25-28,30-32,34H,1,6-19,22,24H2,2-4H3,(H,44,53)(H,45,52)(H,46,50)(H,47,51)/t27-,28?,30-,31-,32-,34+/m0/s1. The number of rotatable bonds is 15. The lowest BCUT2D eigenvalue weighted by atomic mass is 9.69. The maximum Gasteiger partial charge on any atom is 0.289 e. The van der Waals surface area contributed by atoms with Crippen LogP contribution in [0.3, 0.4) is 0 Å². The summed E-state index contributed by atoms with van der Waals surface area (Å²) in [6.45, 7) is 10.3. The van der Waals surface area contributed by atoms with Crippen molar-refractivity contribution in [2.45, 2.75) is 135 Å². The number of hydrogen-bond acceptors (Lipinski definition) is 8. The Morgan fingerprint density at radius 1 is 0.907 bits per heavy atom. The highest BCUT2D eigenvalue weighted by Gasteiger charge is 2.70. The van der Waals surface area contributed by atoms with Crippen LogP contribution < -0.4 is 21.3 Å². The van der Waals surface area contributed by atoms with Crippen LogP contribution in [-0.2, 0) is 24.0 Å². The molecule has 2 heterocycles. The van der Waals surface area contributed by atoms with Crippen LogP contribution in [0.1, 0.15) is 121 Å². The summed E-state index contributed by atoms with van der Waals surface area (Å²) in [6.07, 6.45) is 17.8. The van der Waals surface area contributed by atoms with E-state index in [4.69, 9.17) is 0 Å². The molecule has 13 heteroatoms. The molecule has 6 rings (SSSR count). The van der Waals surface area contributed by atoms with Crippen molar-refractivity contribution in [3.8, 4) is 0 Å². The summed E-state index contributed by atoms with van der Waals surface area (Å²) in [5, 5.41) is 11.6. The Kier molecular flexibility index (Phi) is 12.2. The molecule has 1 aromatic heterocycles. The Morgan fingerprint density at radius 2 is 1.61 bits per heavy atom. The molecule has 294 valence electrons. The summed E-state index contributed by atoms with van der Waals surface area (Å²) >= 11 is 0. The summed E-state index contributed by atoms with van der Waals surface area (Å²) in [5.41, 5.74) is -0.664. The zero-order valence-electron chi connectivity index (χ0n) is 32.2. The van der Waals surface area contributed by atoms with Gasteiger partial charge in [0.15, 0.2) is 0 Å². The predicted molar refractivity (Wildman–Crippen MR) is 201 cm³/mol. The summed E-state index contributed by atoms with van der Waals surface area (Å²) < 4.78 is 0. The Morgan fingerprint density at radius 3 is 2.24 bits per heavy atom. The Labute approximate surface area is 319 Å². The SMILES string of the molecule is C=CCNC(=O)C(=O)C(CC1CCC1)NC(=O)[C@@H]1[C@@H]2[C@H](CN1C(=O)[C@@H](NC(=O)[C@@H](NC(=O)c1cnccn1)C1CCCCC1)C1(C)CCCCC1)C2(C)C. The van der Waals surface area contributed by atoms with Crippen LogP contribution in [0.25, 0.3) is 0 Å². The third kappa shape index (κ3) is 8.39. The molecule has 6 atom stereocenters. The van der Waals surface area contributed by atoms with E-state index in [-0.39, 0.29) is 47.2 Å². The zero-order valence-corrected chi connectivity index (χ0v) is 32.2. The van der Waals surface area contributed by atoms with E-state index in [1.165, 1.54) is 24.7 Å². The maximum absolute atomic E-state index is 15.1. The number of carbonyl (C=O) groups is 6. The minimum Gasteiger partial charge on any atom is -0.346 e. The molecule has 4 N–H and O–H groups in total. The van der Waals surface area contributed by atoms with Gasteiger partial charge in [-0.3, -0.25) is 33.8 Å². The van der Waals surface area contributed by atoms with Crippen LogP contribution in [0.5, 0.6) is 0 Å². The number of Topliss-reactive ketones (excluding diaryl/α,β-unsaturated/α-hetero) is 1. The van der Waals surface area contributed by atoms with Crippen LogP contribution in [0, 0.1) is 34.5 Å². The van der Waals surface area contributed by atoms with Crippen LogP contribution in [0.15, 0.2) is 31.2 Å². The molecule has 0 bridgehead atoms. The molecule has 0 radical (unpaired) electrons. The molecular weight excluding hydrogens is 686 g/mol. The van der Waals surface area contributed by atoms with Crippen LogP contribution in [0.2, 0.25) is 0 Å². The zero-order chi connectivity index (χ0) is 38.6. The summed E-state index contributed by atoms with van der Waals surface area (Å²) in [4.78, 5) is 93.4. The second-order valence-corrected chi connectivity index (χ2v) is 17.4. The molecule has 1 aliphatic heterocycles. The predicted octanol–water partition coefficient (Wildman–Crippen LogP) is 3.64. The number of amides is 5. The maximum atomic E-state index is 15.1. The number of hydrogen-bond donors (Lipinski definition) is 4. The Balaban J connectivity index is 1.26. The monoisotopic (exact) mass is 745 g/mol. The lowest BCUT2D eigenvalue weighted by Crippen LogP contribution is -2.64. The highest BCUT2D eigenvalue weighted by atomic mass is 16.2. The van der Waals surface area contributed by atoms with Gasteiger partial charge in [0.25, 0.3) is 11.8 Å². The van der Waals surface area contributed by atoms with E-state index in [1.54, 1.807) is 4.90 Å². The van der Waals surface area contributed by atoms with E-state index in [1.807, 2.05) is 6.92 Å². The fourth-order valence-electron chi connectivity index (χ4n) is 9.85. The lowest BCUT2D eigenvalue weighted by molar-refractivity contribution is -0.148. The highest BCUT2D eigenvalue weighted by Crippen LogP contribution is 2.65. The molecule has 5 fully saturated rings. The minimum absolute atomic E-state index is 0.0747. The Bertz CT molecular complexity index is 1580. The molecule has 13 nitrogen and oxygen atoms in total. The third-order valence-corrected chi connectivity index (χ3v) is 13.5. The fraction of sp³-hybridized carbons (Fsp3) is 0.707. The van der Waals surface area contributed by atoms with Gasteiger partial charge in [-0.2, -0.15) is 0 Å². The molecule has 1 aromatic rings. The molecule has 0 spiro atoms. The van der Waals surface area contributed by atoms with Gasteiger partial charge in [0.1, 0.15) is 23.8 Å². The van der Waals surface area contributed by atoms with Crippen molar-refractivity contribution < 1.29 is 28.8 Å². The van der Waals surface area contributed by atoms with Gasteiger partial charge in [0.05, 0.1) is 12.2 Å². The number of ketones is 1. The minimum atomic E-state index is -1.01. The molecular formula is C41H59N7O6. The largest absolute Gasteiger partial charge is 0.346 e. The van der Waals surface area contributed by atoms with Crippen molar-refractivity contribution in [3.05, 3.63) is 36.9 Å². The van der Waals surface area contributed by atoms with Gasteiger partial charge >= 0.3 is 0 Å². The van der Waals surface area contributed by atoms with E-state index < -0.39 is 59.0 Å². The first-order valence-electron chi connectivity index (χ1n) is 20.3. The van der Waals surface area contributed by atoms with Gasteiger partial charge in [0.2, 0.25) is 23.5 Å². The first-order valence-corrected chi connectivity index (χ1v) is 20.3. The molecule has 1 saturated heterocycles. The van der Waals surface area contributed by atoms with E-state index >= 15 is 4.79 Å². The number of nitrogens with zero attached hydrogens (tertiary/aromatic N) is 3. The van der Waals surface area contributed by atoms with Crippen LogP contribution >= 0.6 is 0 Å². The average molecular weight is 746 g/mol. The van der Waals surface area contributed by atoms with Crippen LogP contribution in [-0.4, -0.2) is 87.4 Å². The van der Waals surface area contributed by atoms with Crippen molar-refractivity contribution in [1.82, 2.24) is 36.1 Å². The number of likely N-dealkylation sites (tertiary alicyclic amines) is 1. The van der Waals surface area contributed by atoms with Crippen molar-refractivity contribution in [3.63, 3.8) is 0 Å². The second kappa shape index (κ2) is 16.7. The number of nitrogens with one attached hydrogen (secondary N) is 4. The molecule has 4 aliphatic carbocycles. The number of aromatic nitrogens is 2. The van der Waals surface area contributed by atoms with Gasteiger partial charge in [-0.1, -0.05) is 84.6 Å². The van der Waals surface area contributed by atoms with Gasteiger partial charge in [-0.05, 0) is 66.6 Å².